The van der Waals surface area contributed by atoms with Crippen LogP contribution in [0.15, 0.2) is 24.3 Å². The first-order valence-corrected chi connectivity index (χ1v) is 6.95. The Kier molecular flexibility index (Phi) is 5.58. The van der Waals surface area contributed by atoms with Gasteiger partial charge in [-0.15, -0.1) is 9.60 Å². The molecule has 0 aliphatic carbocycles. The lowest BCUT2D eigenvalue weighted by Gasteiger charge is -2.32. The molecule has 1 aliphatic heterocycles. The van der Waals surface area contributed by atoms with E-state index in [0.717, 1.165) is 36.6 Å². The monoisotopic (exact) mass is 286 g/mol. The summed E-state index contributed by atoms with van der Waals surface area (Å²) in [4.78, 5) is 2.11. The van der Waals surface area contributed by atoms with Gasteiger partial charge in [-0.05, 0) is 30.5 Å². The molecule has 1 saturated heterocycles. The van der Waals surface area contributed by atoms with Gasteiger partial charge in [-0.25, -0.2) is 0 Å². The molecule has 3 nitrogen and oxygen atoms in total. The molecule has 0 amide bonds. The summed E-state index contributed by atoms with van der Waals surface area (Å²) in [7, 11) is 1.74. The number of likely N-dealkylation sites (tertiary alicyclic amines) is 1. The highest BCUT2D eigenvalue weighted by molar-refractivity contribution is 6.30. The molecule has 0 saturated carbocycles. The second-order valence-corrected chi connectivity index (χ2v) is 5.38. The second kappa shape index (κ2) is 7.20. The van der Waals surface area contributed by atoms with E-state index in [2.05, 4.69) is 4.90 Å². The maximum Gasteiger partial charge on any atom is 0.0810 e. The summed E-state index contributed by atoms with van der Waals surface area (Å²) in [6.45, 7) is 2.37. The van der Waals surface area contributed by atoms with Crippen LogP contribution in [-0.4, -0.2) is 43.0 Å². The molecule has 0 atom stereocenters. The predicted octanol–water partition coefficient (Wildman–Crippen LogP) is 3.09. The molecule has 106 valence electrons. The molecule has 0 N–H and O–H groups in total. The van der Waals surface area contributed by atoms with Crippen molar-refractivity contribution in [1.29, 1.82) is 0 Å². The molecule has 19 heavy (non-hydrogen) atoms. The van der Waals surface area contributed by atoms with Crippen LogP contribution in [0.1, 0.15) is 18.4 Å². The standard InChI is InChI=1S/C14H20ClFN2O/c1-19-14-5-7-17(8-6-14)11-18(16)10-12-3-2-4-13(15)9-12/h2-4,9,14H,5-8,10-11H2,1H3. The second-order valence-electron chi connectivity index (χ2n) is 4.95. The van der Waals surface area contributed by atoms with E-state index >= 15 is 0 Å². The Balaban J connectivity index is 1.77. The van der Waals surface area contributed by atoms with E-state index < -0.39 is 0 Å². The van der Waals surface area contributed by atoms with Crippen molar-refractivity contribution >= 4 is 11.6 Å². The lowest BCUT2D eigenvalue weighted by atomic mass is 10.1. The third-order valence-electron chi connectivity index (χ3n) is 3.46. The van der Waals surface area contributed by atoms with E-state index in [9.17, 15) is 4.48 Å². The first-order valence-electron chi connectivity index (χ1n) is 6.57. The zero-order valence-electron chi connectivity index (χ0n) is 11.2. The average molecular weight is 287 g/mol. The number of rotatable bonds is 5. The van der Waals surface area contributed by atoms with Gasteiger partial charge in [0.25, 0.3) is 0 Å². The van der Waals surface area contributed by atoms with Crippen molar-refractivity contribution in [3.63, 3.8) is 0 Å². The number of benzene rings is 1. The third kappa shape index (κ3) is 4.73. The van der Waals surface area contributed by atoms with Crippen molar-refractivity contribution in [2.45, 2.75) is 25.5 Å². The molecule has 1 aliphatic rings. The average Bonchev–Trinajstić information content (AvgIpc) is 2.39. The quantitative estimate of drug-likeness (QED) is 0.774. The lowest BCUT2D eigenvalue weighted by Crippen LogP contribution is -2.41. The van der Waals surface area contributed by atoms with Gasteiger partial charge in [0.05, 0.1) is 19.3 Å². The van der Waals surface area contributed by atoms with Crippen LogP contribution in [0.4, 0.5) is 4.48 Å². The van der Waals surface area contributed by atoms with E-state index in [1.165, 1.54) is 0 Å². The molecule has 1 heterocycles. The zero-order valence-corrected chi connectivity index (χ0v) is 11.9. The van der Waals surface area contributed by atoms with Crippen molar-refractivity contribution in [1.82, 2.24) is 10.0 Å². The van der Waals surface area contributed by atoms with Crippen LogP contribution in [0.25, 0.3) is 0 Å². The minimum atomic E-state index is 0.269. The van der Waals surface area contributed by atoms with Crippen LogP contribution >= 0.6 is 11.6 Å². The molecule has 1 aromatic carbocycles. The maximum atomic E-state index is 13.9. The SMILES string of the molecule is COC1CCN(CN(F)Cc2cccc(Cl)c2)CC1. The molecule has 0 spiro atoms. The van der Waals surface area contributed by atoms with Gasteiger partial charge < -0.3 is 4.74 Å². The van der Waals surface area contributed by atoms with Gasteiger partial charge >= 0.3 is 0 Å². The number of hydrogen-bond acceptors (Lipinski definition) is 3. The van der Waals surface area contributed by atoms with Gasteiger partial charge in [0.1, 0.15) is 0 Å². The number of piperidine rings is 1. The summed E-state index contributed by atoms with van der Waals surface area (Å²) in [6, 6.07) is 7.32. The molecule has 1 aromatic rings. The first-order chi connectivity index (χ1) is 9.17. The normalized spacial score (nSPS) is 18.1. The molecule has 0 bridgehead atoms. The fourth-order valence-corrected chi connectivity index (χ4v) is 2.60. The Morgan fingerprint density at radius 1 is 1.42 bits per heavy atom. The number of hydrogen-bond donors (Lipinski definition) is 0. The molecule has 5 heteroatoms. The predicted molar refractivity (Wildman–Crippen MR) is 74.6 cm³/mol. The topological polar surface area (TPSA) is 15.7 Å². The van der Waals surface area contributed by atoms with Crippen LogP contribution in [0, 0.1) is 0 Å². The van der Waals surface area contributed by atoms with Crippen LogP contribution in [-0.2, 0) is 11.3 Å². The number of ether oxygens (including phenoxy) is 1. The minimum absolute atomic E-state index is 0.269. The van der Waals surface area contributed by atoms with Crippen molar-refractivity contribution < 1.29 is 9.22 Å². The number of nitrogens with zero attached hydrogens (tertiary/aromatic N) is 2. The summed E-state index contributed by atoms with van der Waals surface area (Å²) in [5.41, 5.74) is 0.891. The Labute approximate surface area is 118 Å². The molecule has 0 unspecified atom stereocenters. The van der Waals surface area contributed by atoms with Gasteiger partial charge in [-0.1, -0.05) is 23.7 Å². The molecular formula is C14H20ClFN2O. The van der Waals surface area contributed by atoms with Crippen molar-refractivity contribution in [2.24, 2.45) is 0 Å². The highest BCUT2D eigenvalue weighted by atomic mass is 35.5. The van der Waals surface area contributed by atoms with Gasteiger partial charge in [0, 0.05) is 25.2 Å². The van der Waals surface area contributed by atoms with Crippen LogP contribution in [0.2, 0.25) is 5.02 Å². The molecule has 2 rings (SSSR count). The number of methoxy groups -OCH3 is 1. The first kappa shape index (κ1) is 14.7. The minimum Gasteiger partial charge on any atom is -0.381 e. The van der Waals surface area contributed by atoms with Crippen molar-refractivity contribution in [3.8, 4) is 0 Å². The summed E-state index contributed by atoms with van der Waals surface area (Å²) in [5, 5.41) is 1.48. The summed E-state index contributed by atoms with van der Waals surface area (Å²) in [6.07, 6.45) is 2.28. The Morgan fingerprint density at radius 3 is 2.79 bits per heavy atom. The van der Waals surface area contributed by atoms with Crippen molar-refractivity contribution in [3.05, 3.63) is 34.9 Å². The van der Waals surface area contributed by atoms with E-state index in [1.54, 1.807) is 19.2 Å². The fourth-order valence-electron chi connectivity index (χ4n) is 2.39. The summed E-state index contributed by atoms with van der Waals surface area (Å²) < 4.78 is 19.2. The maximum absolute atomic E-state index is 13.9. The number of halogens is 2. The zero-order chi connectivity index (χ0) is 13.7. The largest absolute Gasteiger partial charge is 0.381 e. The smallest absolute Gasteiger partial charge is 0.0810 e. The Morgan fingerprint density at radius 2 is 2.16 bits per heavy atom. The highest BCUT2D eigenvalue weighted by Gasteiger charge is 2.20. The highest BCUT2D eigenvalue weighted by Crippen LogP contribution is 2.16. The molecule has 1 fully saturated rings. The van der Waals surface area contributed by atoms with E-state index in [1.807, 2.05) is 12.1 Å². The van der Waals surface area contributed by atoms with E-state index in [4.69, 9.17) is 16.3 Å². The summed E-state index contributed by atoms with van der Waals surface area (Å²) in [5.74, 6) is 0. The van der Waals surface area contributed by atoms with Crippen LogP contribution in [0.3, 0.4) is 0 Å². The van der Waals surface area contributed by atoms with Crippen LogP contribution in [0.5, 0.6) is 0 Å². The van der Waals surface area contributed by atoms with Crippen LogP contribution < -0.4 is 0 Å². The fraction of sp³-hybridized carbons (Fsp3) is 0.571. The van der Waals surface area contributed by atoms with E-state index in [-0.39, 0.29) is 6.54 Å². The molecular weight excluding hydrogens is 267 g/mol. The van der Waals surface area contributed by atoms with Gasteiger partial charge in [-0.2, -0.15) is 0 Å². The third-order valence-corrected chi connectivity index (χ3v) is 3.70. The molecule has 0 radical (unpaired) electrons. The van der Waals surface area contributed by atoms with Gasteiger partial charge in [-0.3, -0.25) is 4.90 Å². The Hall–Kier alpha value is -0.680. The molecule has 0 aromatic heterocycles. The van der Waals surface area contributed by atoms with E-state index in [0.29, 0.717) is 17.8 Å². The lowest BCUT2D eigenvalue weighted by molar-refractivity contribution is -0.0562. The van der Waals surface area contributed by atoms with Gasteiger partial charge in [0.2, 0.25) is 0 Å². The van der Waals surface area contributed by atoms with Gasteiger partial charge in [0.15, 0.2) is 0 Å². The Bertz CT molecular complexity index is 397. The summed E-state index contributed by atoms with van der Waals surface area (Å²) >= 11 is 5.89. The van der Waals surface area contributed by atoms with Crippen molar-refractivity contribution in [2.75, 3.05) is 26.9 Å².